The van der Waals surface area contributed by atoms with E-state index in [2.05, 4.69) is 0 Å². The molecule has 2 heteroatoms. The maximum atomic E-state index is 13.2. The van der Waals surface area contributed by atoms with E-state index in [0.717, 1.165) is 5.56 Å². The highest BCUT2D eigenvalue weighted by atomic mass is 19.1. The quantitative estimate of drug-likeness (QED) is 0.682. The maximum Gasteiger partial charge on any atom is 0.130 e. The van der Waals surface area contributed by atoms with Gasteiger partial charge in [-0.1, -0.05) is 0 Å². The van der Waals surface area contributed by atoms with Crippen LogP contribution in [0.25, 0.3) is 0 Å². The molecule has 0 unspecified atom stereocenters. The third kappa shape index (κ3) is 2.44. The van der Waals surface area contributed by atoms with Crippen molar-refractivity contribution in [3.63, 3.8) is 0 Å². The first-order valence-corrected chi connectivity index (χ1v) is 4.44. The molecule has 0 aliphatic rings. The van der Waals surface area contributed by atoms with E-state index in [9.17, 15) is 4.39 Å². The molecule has 0 aromatic heterocycles. The second kappa shape index (κ2) is 3.77. The second-order valence-corrected chi connectivity index (χ2v) is 3.54. The molecule has 1 aromatic rings. The lowest BCUT2D eigenvalue weighted by Crippen LogP contribution is -2.07. The highest BCUT2D eigenvalue weighted by Crippen LogP contribution is 2.23. The summed E-state index contributed by atoms with van der Waals surface area (Å²) in [6, 6.07) is 3.38. The predicted molar refractivity (Wildman–Crippen MR) is 51.6 cm³/mol. The van der Waals surface area contributed by atoms with Gasteiger partial charge in [-0.3, -0.25) is 0 Å². The molecule has 0 saturated heterocycles. The van der Waals surface area contributed by atoms with Gasteiger partial charge in [0.25, 0.3) is 0 Å². The molecule has 1 rings (SSSR count). The smallest absolute Gasteiger partial charge is 0.130 e. The number of rotatable bonds is 2. The van der Waals surface area contributed by atoms with Crippen LogP contribution in [-0.2, 0) is 0 Å². The van der Waals surface area contributed by atoms with E-state index in [4.69, 9.17) is 4.74 Å². The molecule has 0 saturated carbocycles. The van der Waals surface area contributed by atoms with Crippen molar-refractivity contribution in [2.75, 3.05) is 0 Å². The van der Waals surface area contributed by atoms with E-state index >= 15 is 0 Å². The Labute approximate surface area is 78.5 Å². The Bertz CT molecular complexity index is 305. The van der Waals surface area contributed by atoms with E-state index < -0.39 is 0 Å². The van der Waals surface area contributed by atoms with Gasteiger partial charge in [-0.05, 0) is 45.4 Å². The molecule has 1 nitrogen and oxygen atoms in total. The van der Waals surface area contributed by atoms with Crippen LogP contribution in [0.3, 0.4) is 0 Å². The summed E-state index contributed by atoms with van der Waals surface area (Å²) in [5.41, 5.74) is 1.47. The molecule has 72 valence electrons. The molecule has 0 amide bonds. The molecule has 0 atom stereocenters. The largest absolute Gasteiger partial charge is 0.491 e. The number of hydrogen-bond donors (Lipinski definition) is 0. The Morgan fingerprint density at radius 3 is 2.38 bits per heavy atom. The monoisotopic (exact) mass is 182 g/mol. The van der Waals surface area contributed by atoms with Crippen LogP contribution in [0.15, 0.2) is 12.1 Å². The van der Waals surface area contributed by atoms with Gasteiger partial charge in [-0.25, -0.2) is 4.39 Å². The van der Waals surface area contributed by atoms with Gasteiger partial charge in [0.05, 0.1) is 6.10 Å². The van der Waals surface area contributed by atoms with Crippen molar-refractivity contribution in [2.45, 2.75) is 33.8 Å². The normalized spacial score (nSPS) is 10.6. The number of ether oxygens (including phenoxy) is 1. The molecule has 0 aliphatic heterocycles. The fourth-order valence-electron chi connectivity index (χ4n) is 1.16. The molecule has 0 spiro atoms. The minimum absolute atomic E-state index is 0.0832. The van der Waals surface area contributed by atoms with Gasteiger partial charge in [0, 0.05) is 5.56 Å². The van der Waals surface area contributed by atoms with Gasteiger partial charge in [-0.15, -0.1) is 0 Å². The average Bonchev–Trinajstić information content (AvgIpc) is 1.98. The van der Waals surface area contributed by atoms with Crippen molar-refractivity contribution in [1.29, 1.82) is 0 Å². The van der Waals surface area contributed by atoms with E-state index in [1.165, 1.54) is 6.07 Å². The number of hydrogen-bond acceptors (Lipinski definition) is 1. The van der Waals surface area contributed by atoms with Crippen LogP contribution in [0.4, 0.5) is 4.39 Å². The van der Waals surface area contributed by atoms with Crippen LogP contribution in [-0.4, -0.2) is 6.10 Å². The highest BCUT2D eigenvalue weighted by Gasteiger charge is 2.07. The van der Waals surface area contributed by atoms with Gasteiger partial charge >= 0.3 is 0 Å². The zero-order valence-electron chi connectivity index (χ0n) is 8.52. The van der Waals surface area contributed by atoms with Gasteiger partial charge in [0.1, 0.15) is 11.6 Å². The van der Waals surface area contributed by atoms with Gasteiger partial charge in [0.15, 0.2) is 0 Å². The van der Waals surface area contributed by atoms with Crippen LogP contribution in [0.5, 0.6) is 5.75 Å². The highest BCUT2D eigenvalue weighted by molar-refractivity contribution is 5.37. The lowest BCUT2D eigenvalue weighted by atomic mass is 10.1. The summed E-state index contributed by atoms with van der Waals surface area (Å²) in [4.78, 5) is 0. The first-order valence-electron chi connectivity index (χ1n) is 4.44. The first kappa shape index (κ1) is 10.0. The Hall–Kier alpha value is -1.05. The zero-order valence-corrected chi connectivity index (χ0v) is 8.52. The summed E-state index contributed by atoms with van der Waals surface area (Å²) in [6.45, 7) is 7.45. The van der Waals surface area contributed by atoms with Crippen LogP contribution in [0, 0.1) is 19.7 Å². The van der Waals surface area contributed by atoms with E-state index in [1.807, 2.05) is 26.8 Å². The Kier molecular flexibility index (Phi) is 2.91. The molecular weight excluding hydrogens is 167 g/mol. The van der Waals surface area contributed by atoms with Crippen LogP contribution >= 0.6 is 0 Å². The molecular formula is C11H15FO. The lowest BCUT2D eigenvalue weighted by Gasteiger charge is -2.13. The van der Waals surface area contributed by atoms with Crippen molar-refractivity contribution in [1.82, 2.24) is 0 Å². The SMILES string of the molecule is Cc1cc(F)c(C)c(OC(C)C)c1. The van der Waals surface area contributed by atoms with E-state index in [-0.39, 0.29) is 11.9 Å². The standard InChI is InChI=1S/C11H15FO/c1-7(2)13-11-6-8(3)5-10(12)9(11)4/h5-7H,1-4H3. The summed E-state index contributed by atoms with van der Waals surface area (Å²) in [5, 5.41) is 0. The van der Waals surface area contributed by atoms with Crippen molar-refractivity contribution < 1.29 is 9.13 Å². The molecule has 0 fully saturated rings. The zero-order chi connectivity index (χ0) is 10.0. The molecule has 0 heterocycles. The van der Waals surface area contributed by atoms with E-state index in [1.54, 1.807) is 6.92 Å². The molecule has 1 aromatic carbocycles. The predicted octanol–water partition coefficient (Wildman–Crippen LogP) is 3.23. The van der Waals surface area contributed by atoms with Crippen LogP contribution in [0.1, 0.15) is 25.0 Å². The lowest BCUT2D eigenvalue weighted by molar-refractivity contribution is 0.239. The average molecular weight is 182 g/mol. The van der Waals surface area contributed by atoms with Crippen molar-refractivity contribution in [3.8, 4) is 5.75 Å². The van der Waals surface area contributed by atoms with Crippen LogP contribution in [0.2, 0.25) is 0 Å². The summed E-state index contributed by atoms with van der Waals surface area (Å²) < 4.78 is 18.7. The van der Waals surface area contributed by atoms with Gasteiger partial charge < -0.3 is 4.74 Å². The van der Waals surface area contributed by atoms with Gasteiger partial charge in [0.2, 0.25) is 0 Å². The Balaban J connectivity index is 3.05. The molecule has 13 heavy (non-hydrogen) atoms. The Morgan fingerprint density at radius 1 is 1.23 bits per heavy atom. The minimum Gasteiger partial charge on any atom is -0.491 e. The molecule has 0 radical (unpaired) electrons. The molecule has 0 bridgehead atoms. The van der Waals surface area contributed by atoms with E-state index in [0.29, 0.717) is 11.3 Å². The summed E-state index contributed by atoms with van der Waals surface area (Å²) >= 11 is 0. The number of aryl methyl sites for hydroxylation is 1. The fraction of sp³-hybridized carbons (Fsp3) is 0.455. The number of halogens is 1. The van der Waals surface area contributed by atoms with Crippen molar-refractivity contribution >= 4 is 0 Å². The third-order valence-corrected chi connectivity index (χ3v) is 1.80. The topological polar surface area (TPSA) is 9.23 Å². The third-order valence-electron chi connectivity index (χ3n) is 1.80. The second-order valence-electron chi connectivity index (χ2n) is 3.54. The Morgan fingerprint density at radius 2 is 1.85 bits per heavy atom. The van der Waals surface area contributed by atoms with Crippen molar-refractivity contribution in [2.24, 2.45) is 0 Å². The van der Waals surface area contributed by atoms with Gasteiger partial charge in [-0.2, -0.15) is 0 Å². The fourth-order valence-corrected chi connectivity index (χ4v) is 1.16. The molecule has 0 N–H and O–H groups in total. The summed E-state index contributed by atoms with van der Waals surface area (Å²) in [7, 11) is 0. The minimum atomic E-state index is -0.198. The summed E-state index contributed by atoms with van der Waals surface area (Å²) in [6.07, 6.45) is 0.0832. The summed E-state index contributed by atoms with van der Waals surface area (Å²) in [5.74, 6) is 0.447. The molecule has 0 aliphatic carbocycles. The van der Waals surface area contributed by atoms with Crippen molar-refractivity contribution in [3.05, 3.63) is 29.1 Å². The number of benzene rings is 1. The van der Waals surface area contributed by atoms with Crippen LogP contribution < -0.4 is 4.74 Å². The maximum absolute atomic E-state index is 13.2. The first-order chi connectivity index (χ1) is 6.00.